The Morgan fingerprint density at radius 3 is 1.89 bits per heavy atom. The zero-order chi connectivity index (χ0) is 13.9. The monoisotopic (exact) mass is 268 g/mol. The van der Waals surface area contributed by atoms with Gasteiger partial charge in [-0.2, -0.15) is 0 Å². The van der Waals surface area contributed by atoms with Crippen molar-refractivity contribution in [1.29, 1.82) is 0 Å². The zero-order valence-electron chi connectivity index (χ0n) is 13.4. The van der Waals surface area contributed by atoms with Crippen molar-refractivity contribution in [3.05, 3.63) is 0 Å². The summed E-state index contributed by atoms with van der Waals surface area (Å²) < 4.78 is 0. The molecule has 2 heteroatoms. The van der Waals surface area contributed by atoms with Gasteiger partial charge in [-0.15, -0.1) is 0 Å². The number of likely N-dealkylation sites (tertiary alicyclic amines) is 1. The Kier molecular flexibility index (Phi) is 9.54. The average Bonchev–Trinajstić information content (AvgIpc) is 2.73. The van der Waals surface area contributed by atoms with Gasteiger partial charge in [0.1, 0.15) is 0 Å². The number of nitrogens with two attached hydrogens (primary N) is 1. The summed E-state index contributed by atoms with van der Waals surface area (Å²) in [6.45, 7) is 7.06. The van der Waals surface area contributed by atoms with Crippen molar-refractivity contribution in [2.24, 2.45) is 5.73 Å². The second kappa shape index (κ2) is 10.7. The predicted octanol–water partition coefficient (Wildman–Crippen LogP) is 4.33. The third-order valence-corrected chi connectivity index (χ3v) is 4.74. The summed E-state index contributed by atoms with van der Waals surface area (Å²) >= 11 is 0. The average molecular weight is 268 g/mol. The van der Waals surface area contributed by atoms with Crippen LogP contribution >= 0.6 is 0 Å². The quantitative estimate of drug-likeness (QED) is 0.565. The highest BCUT2D eigenvalue weighted by Crippen LogP contribution is 2.17. The lowest BCUT2D eigenvalue weighted by Crippen LogP contribution is -2.37. The number of hydrogen-bond acceptors (Lipinski definition) is 2. The summed E-state index contributed by atoms with van der Waals surface area (Å²) in [5.74, 6) is 0. The fourth-order valence-electron chi connectivity index (χ4n) is 3.15. The standard InChI is InChI=1S/C17H36N2/c1-3-4-5-6-7-8-9-10-11-12-14-19-15-13-17(18)16(19)2/h16-17H,3-15,18H2,1-2H3. The maximum absolute atomic E-state index is 6.05. The van der Waals surface area contributed by atoms with E-state index in [1.54, 1.807) is 0 Å². The van der Waals surface area contributed by atoms with Crippen molar-refractivity contribution in [3.8, 4) is 0 Å². The molecule has 2 unspecified atom stereocenters. The summed E-state index contributed by atoms with van der Waals surface area (Å²) in [6.07, 6.45) is 15.4. The highest BCUT2D eigenvalue weighted by Gasteiger charge is 2.26. The molecule has 0 aromatic heterocycles. The van der Waals surface area contributed by atoms with Crippen LogP contribution in [0.25, 0.3) is 0 Å². The van der Waals surface area contributed by atoms with Crippen molar-refractivity contribution in [2.45, 2.75) is 96.6 Å². The Bertz CT molecular complexity index is 205. The van der Waals surface area contributed by atoms with Crippen LogP contribution in [0.4, 0.5) is 0 Å². The first-order chi connectivity index (χ1) is 9.25. The van der Waals surface area contributed by atoms with Crippen LogP contribution in [0.3, 0.4) is 0 Å². The van der Waals surface area contributed by atoms with Gasteiger partial charge in [-0.05, 0) is 26.3 Å². The number of rotatable bonds is 11. The van der Waals surface area contributed by atoms with E-state index in [9.17, 15) is 0 Å². The molecule has 19 heavy (non-hydrogen) atoms. The lowest BCUT2D eigenvalue weighted by molar-refractivity contribution is 0.253. The van der Waals surface area contributed by atoms with Gasteiger partial charge in [-0.3, -0.25) is 4.90 Å². The molecule has 0 amide bonds. The Labute approximate surface area is 121 Å². The summed E-state index contributed by atoms with van der Waals surface area (Å²) in [5.41, 5.74) is 6.05. The van der Waals surface area contributed by atoms with Crippen LogP contribution in [0.2, 0.25) is 0 Å². The lowest BCUT2D eigenvalue weighted by Gasteiger charge is -2.22. The van der Waals surface area contributed by atoms with E-state index in [2.05, 4.69) is 18.7 Å². The smallest absolute Gasteiger partial charge is 0.0219 e. The SMILES string of the molecule is CCCCCCCCCCCCN1CCC(N)C1C. The first-order valence-corrected chi connectivity index (χ1v) is 8.75. The molecule has 0 aromatic carbocycles. The van der Waals surface area contributed by atoms with E-state index in [-0.39, 0.29) is 0 Å². The molecular formula is C17H36N2. The molecule has 0 radical (unpaired) electrons. The molecule has 1 aliphatic heterocycles. The first kappa shape index (κ1) is 17.0. The lowest BCUT2D eigenvalue weighted by atomic mass is 10.1. The predicted molar refractivity (Wildman–Crippen MR) is 85.5 cm³/mol. The molecule has 1 heterocycles. The summed E-state index contributed by atoms with van der Waals surface area (Å²) in [6, 6.07) is 1.03. The summed E-state index contributed by atoms with van der Waals surface area (Å²) in [4.78, 5) is 2.58. The van der Waals surface area contributed by atoms with Crippen LogP contribution in [0, 0.1) is 0 Å². The Morgan fingerprint density at radius 2 is 1.42 bits per heavy atom. The van der Waals surface area contributed by atoms with Gasteiger partial charge < -0.3 is 5.73 Å². The first-order valence-electron chi connectivity index (χ1n) is 8.75. The minimum atomic E-state index is 0.420. The van der Waals surface area contributed by atoms with Gasteiger partial charge in [0, 0.05) is 18.6 Å². The van der Waals surface area contributed by atoms with E-state index in [4.69, 9.17) is 5.73 Å². The van der Waals surface area contributed by atoms with Gasteiger partial charge in [0.2, 0.25) is 0 Å². The van der Waals surface area contributed by atoms with Gasteiger partial charge >= 0.3 is 0 Å². The topological polar surface area (TPSA) is 29.3 Å². The van der Waals surface area contributed by atoms with E-state index < -0.39 is 0 Å². The van der Waals surface area contributed by atoms with Crippen molar-refractivity contribution >= 4 is 0 Å². The highest BCUT2D eigenvalue weighted by molar-refractivity contribution is 4.86. The van der Waals surface area contributed by atoms with Gasteiger partial charge in [-0.1, -0.05) is 64.7 Å². The van der Waals surface area contributed by atoms with E-state index in [0.717, 1.165) is 0 Å². The van der Waals surface area contributed by atoms with Crippen LogP contribution in [0.1, 0.15) is 84.5 Å². The van der Waals surface area contributed by atoms with Crippen LogP contribution in [0.5, 0.6) is 0 Å². The highest BCUT2D eigenvalue weighted by atomic mass is 15.2. The molecule has 0 saturated carbocycles. The number of unbranched alkanes of at least 4 members (excludes halogenated alkanes) is 9. The van der Waals surface area contributed by atoms with Gasteiger partial charge in [0.25, 0.3) is 0 Å². The van der Waals surface area contributed by atoms with Crippen LogP contribution in [0.15, 0.2) is 0 Å². The zero-order valence-corrected chi connectivity index (χ0v) is 13.4. The second-order valence-electron chi connectivity index (χ2n) is 6.41. The molecule has 0 bridgehead atoms. The fraction of sp³-hybridized carbons (Fsp3) is 1.00. The molecule has 2 nitrogen and oxygen atoms in total. The van der Waals surface area contributed by atoms with E-state index in [1.807, 2.05) is 0 Å². The largest absolute Gasteiger partial charge is 0.326 e. The van der Waals surface area contributed by atoms with Crippen LogP contribution in [-0.2, 0) is 0 Å². The molecule has 1 rings (SSSR count). The van der Waals surface area contributed by atoms with Gasteiger partial charge in [0.05, 0.1) is 0 Å². The molecule has 1 saturated heterocycles. The molecule has 0 spiro atoms. The van der Waals surface area contributed by atoms with Gasteiger partial charge in [0.15, 0.2) is 0 Å². The molecular weight excluding hydrogens is 232 g/mol. The van der Waals surface area contributed by atoms with Gasteiger partial charge in [-0.25, -0.2) is 0 Å². The van der Waals surface area contributed by atoms with E-state index >= 15 is 0 Å². The molecule has 2 atom stereocenters. The fourth-order valence-corrected chi connectivity index (χ4v) is 3.15. The summed E-state index contributed by atoms with van der Waals surface area (Å²) in [7, 11) is 0. The maximum atomic E-state index is 6.05. The molecule has 1 fully saturated rings. The number of nitrogens with zero attached hydrogens (tertiary/aromatic N) is 1. The molecule has 2 N–H and O–H groups in total. The molecule has 0 aliphatic carbocycles. The Hall–Kier alpha value is -0.0800. The molecule has 1 aliphatic rings. The third-order valence-electron chi connectivity index (χ3n) is 4.74. The molecule has 114 valence electrons. The summed E-state index contributed by atoms with van der Waals surface area (Å²) in [5, 5.41) is 0. The normalized spacial score (nSPS) is 24.2. The minimum absolute atomic E-state index is 0.420. The van der Waals surface area contributed by atoms with Crippen LogP contribution < -0.4 is 5.73 Å². The van der Waals surface area contributed by atoms with Crippen molar-refractivity contribution < 1.29 is 0 Å². The number of hydrogen-bond donors (Lipinski definition) is 1. The van der Waals surface area contributed by atoms with E-state index in [1.165, 1.54) is 83.7 Å². The molecule has 0 aromatic rings. The minimum Gasteiger partial charge on any atom is -0.326 e. The third kappa shape index (κ3) is 7.31. The van der Waals surface area contributed by atoms with Crippen molar-refractivity contribution in [2.75, 3.05) is 13.1 Å². The van der Waals surface area contributed by atoms with Crippen molar-refractivity contribution in [1.82, 2.24) is 4.90 Å². The van der Waals surface area contributed by atoms with E-state index in [0.29, 0.717) is 12.1 Å². The second-order valence-corrected chi connectivity index (χ2v) is 6.41. The Balaban J connectivity index is 1.81. The van der Waals surface area contributed by atoms with Crippen LogP contribution in [-0.4, -0.2) is 30.1 Å². The Morgan fingerprint density at radius 1 is 0.895 bits per heavy atom. The van der Waals surface area contributed by atoms with Crippen molar-refractivity contribution in [3.63, 3.8) is 0 Å². The maximum Gasteiger partial charge on any atom is 0.0219 e.